The van der Waals surface area contributed by atoms with Gasteiger partial charge < -0.3 is 31.4 Å². The molecule has 2 atom stereocenters. The van der Waals surface area contributed by atoms with Crippen molar-refractivity contribution in [2.24, 2.45) is 5.16 Å². The summed E-state index contributed by atoms with van der Waals surface area (Å²) in [6.07, 6.45) is 0. The number of hydrogen-bond donors (Lipinski definition) is 6. The van der Waals surface area contributed by atoms with E-state index in [9.17, 15) is 33.0 Å². The third kappa shape index (κ3) is 5.47. The number of nitrogens with zero attached hydrogens (tertiary/aromatic N) is 3. The van der Waals surface area contributed by atoms with Crippen molar-refractivity contribution in [3.8, 4) is 11.5 Å². The average molecular weight is 543 g/mol. The van der Waals surface area contributed by atoms with Gasteiger partial charge in [-0.2, -0.15) is 8.42 Å². The Bertz CT molecular complexity index is 1350. The molecule has 3 amide bonds. The van der Waals surface area contributed by atoms with Crippen LogP contribution in [0.3, 0.4) is 0 Å². The molecule has 1 aromatic heterocycles. The molecule has 0 bridgehead atoms. The molecule has 1 fully saturated rings. The minimum Gasteiger partial charge on any atom is -0.504 e. The van der Waals surface area contributed by atoms with E-state index in [4.69, 9.17) is 15.1 Å². The van der Waals surface area contributed by atoms with Crippen LogP contribution in [0.4, 0.5) is 10.8 Å². The molecular formula is C19H22N6O9S2. The zero-order valence-electron chi connectivity index (χ0n) is 19.0. The molecule has 0 unspecified atom stereocenters. The number of nitrogens with one attached hydrogen (secondary N) is 2. The molecule has 194 valence electrons. The van der Waals surface area contributed by atoms with Gasteiger partial charge in [-0.1, -0.05) is 5.16 Å². The molecule has 1 aliphatic heterocycles. The first kappa shape index (κ1) is 26.6. The van der Waals surface area contributed by atoms with Crippen LogP contribution in [-0.2, 0) is 29.5 Å². The highest BCUT2D eigenvalue weighted by molar-refractivity contribution is 7.84. The molecule has 36 heavy (non-hydrogen) atoms. The number of nitrogen functional groups attached to an aromatic ring is 1. The molecule has 2 heterocycles. The van der Waals surface area contributed by atoms with Crippen molar-refractivity contribution in [2.45, 2.75) is 38.5 Å². The van der Waals surface area contributed by atoms with E-state index in [0.717, 1.165) is 23.5 Å². The van der Waals surface area contributed by atoms with Crippen LogP contribution >= 0.6 is 11.3 Å². The number of benzene rings is 1. The van der Waals surface area contributed by atoms with E-state index in [2.05, 4.69) is 20.8 Å². The van der Waals surface area contributed by atoms with Crippen molar-refractivity contribution >= 4 is 55.9 Å². The zero-order valence-corrected chi connectivity index (χ0v) is 20.6. The van der Waals surface area contributed by atoms with Gasteiger partial charge >= 0.3 is 10.3 Å². The summed E-state index contributed by atoms with van der Waals surface area (Å²) in [7, 11) is -4.80. The summed E-state index contributed by atoms with van der Waals surface area (Å²) < 4.78 is 31.9. The highest BCUT2D eigenvalue weighted by atomic mass is 32.2. The fourth-order valence-corrected chi connectivity index (χ4v) is 4.43. The number of β-lactam (4-membered cyclic amide) rings is 1. The Labute approximate surface area is 208 Å². The number of carbonyl (C=O) groups is 3. The number of aromatic hydroxyl groups is 2. The number of amides is 3. The van der Waals surface area contributed by atoms with E-state index >= 15 is 0 Å². The maximum Gasteiger partial charge on any atom is 0.362 e. The summed E-state index contributed by atoms with van der Waals surface area (Å²) >= 11 is 0.977. The summed E-state index contributed by atoms with van der Waals surface area (Å²) in [4.78, 5) is 47.0. The lowest BCUT2D eigenvalue weighted by Gasteiger charge is -2.42. The number of nitrogens with two attached hydrogens (primary N) is 1. The number of thiazole rings is 1. The molecule has 0 spiro atoms. The molecule has 17 heteroatoms. The van der Waals surface area contributed by atoms with Crippen molar-refractivity contribution < 1.29 is 42.4 Å². The molecule has 1 aliphatic rings. The Kier molecular flexibility index (Phi) is 7.10. The SMILES string of the molecule is C[C@@H]1[C@H](NC(=O)C(=NOC(C)(C)C(=O)Nc2ccc(O)c(O)c2)c2csc(N)n2)C(=O)N1S(=O)(=O)O. The zero-order chi connectivity index (χ0) is 27.0. The molecule has 3 rings (SSSR count). The average Bonchev–Trinajstić information content (AvgIpc) is 3.19. The largest absolute Gasteiger partial charge is 0.504 e. The van der Waals surface area contributed by atoms with Crippen LogP contribution in [0.2, 0.25) is 0 Å². The second kappa shape index (κ2) is 9.59. The lowest BCUT2D eigenvalue weighted by molar-refractivity contribution is -0.144. The van der Waals surface area contributed by atoms with Crippen LogP contribution in [0.15, 0.2) is 28.7 Å². The van der Waals surface area contributed by atoms with Crippen molar-refractivity contribution in [3.05, 3.63) is 29.3 Å². The minimum absolute atomic E-state index is 0.0410. The lowest BCUT2D eigenvalue weighted by atomic mass is 10.0. The Morgan fingerprint density at radius 2 is 1.94 bits per heavy atom. The molecule has 15 nitrogen and oxygen atoms in total. The highest BCUT2D eigenvalue weighted by Gasteiger charge is 2.51. The summed E-state index contributed by atoms with van der Waals surface area (Å²) in [6, 6.07) is 1.23. The van der Waals surface area contributed by atoms with E-state index in [1.807, 2.05) is 0 Å². The van der Waals surface area contributed by atoms with E-state index < -0.39 is 57.2 Å². The van der Waals surface area contributed by atoms with Gasteiger partial charge in [-0.25, -0.2) is 9.29 Å². The highest BCUT2D eigenvalue weighted by Crippen LogP contribution is 2.28. The predicted octanol–water partition coefficient (Wildman–Crippen LogP) is -0.207. The smallest absolute Gasteiger partial charge is 0.362 e. The number of aromatic nitrogens is 1. The van der Waals surface area contributed by atoms with Crippen LogP contribution in [0, 0.1) is 0 Å². The molecule has 7 N–H and O–H groups in total. The van der Waals surface area contributed by atoms with Crippen LogP contribution in [0.5, 0.6) is 11.5 Å². The molecule has 0 radical (unpaired) electrons. The van der Waals surface area contributed by atoms with Gasteiger partial charge in [0.1, 0.15) is 11.7 Å². The number of rotatable bonds is 8. The second-order valence-corrected chi connectivity index (χ2v) is 10.3. The molecule has 1 saturated heterocycles. The van der Waals surface area contributed by atoms with Gasteiger partial charge in [0.05, 0.1) is 6.04 Å². The number of phenolic OH excluding ortho intramolecular Hbond substituents is 2. The Hall–Kier alpha value is -3.96. The molecule has 1 aromatic carbocycles. The van der Waals surface area contributed by atoms with Gasteiger partial charge in [0, 0.05) is 17.1 Å². The van der Waals surface area contributed by atoms with E-state index in [1.165, 1.54) is 32.2 Å². The first-order valence-electron chi connectivity index (χ1n) is 10.0. The second-order valence-electron chi connectivity index (χ2n) is 8.07. The third-order valence-electron chi connectivity index (χ3n) is 5.00. The van der Waals surface area contributed by atoms with Crippen LogP contribution < -0.4 is 16.4 Å². The summed E-state index contributed by atoms with van der Waals surface area (Å²) in [5.41, 5.74) is 3.59. The van der Waals surface area contributed by atoms with Gasteiger partial charge in [0.2, 0.25) is 5.60 Å². The number of hydrogen-bond acceptors (Lipinski definition) is 12. The van der Waals surface area contributed by atoms with Gasteiger partial charge in [-0.15, -0.1) is 11.3 Å². The third-order valence-corrected chi connectivity index (χ3v) is 6.68. The fourth-order valence-electron chi connectivity index (χ4n) is 3.00. The molecular weight excluding hydrogens is 520 g/mol. The number of oxime groups is 1. The summed E-state index contributed by atoms with van der Waals surface area (Å²) in [6.45, 7) is 3.96. The van der Waals surface area contributed by atoms with Gasteiger partial charge in [-0.3, -0.25) is 18.9 Å². The van der Waals surface area contributed by atoms with Crippen molar-refractivity contribution in [1.29, 1.82) is 0 Å². The van der Waals surface area contributed by atoms with E-state index in [-0.39, 0.29) is 26.6 Å². The van der Waals surface area contributed by atoms with Crippen molar-refractivity contribution in [1.82, 2.24) is 14.6 Å². The maximum atomic E-state index is 12.9. The minimum atomic E-state index is -4.80. The topological polar surface area (TPSA) is 234 Å². The lowest BCUT2D eigenvalue weighted by Crippen LogP contribution is -2.71. The molecule has 0 aliphatic carbocycles. The predicted molar refractivity (Wildman–Crippen MR) is 126 cm³/mol. The van der Waals surface area contributed by atoms with Crippen LogP contribution in [0.1, 0.15) is 26.5 Å². The first-order chi connectivity index (χ1) is 16.6. The number of phenols is 2. The quantitative estimate of drug-likeness (QED) is 0.0637. The van der Waals surface area contributed by atoms with Gasteiger partial charge in [0.15, 0.2) is 22.3 Å². The van der Waals surface area contributed by atoms with Crippen molar-refractivity contribution in [2.75, 3.05) is 11.1 Å². The van der Waals surface area contributed by atoms with Gasteiger partial charge in [-0.05, 0) is 32.9 Å². The number of carbonyl (C=O) groups excluding carboxylic acids is 3. The molecule has 0 saturated carbocycles. The first-order valence-corrected chi connectivity index (χ1v) is 12.3. The van der Waals surface area contributed by atoms with Crippen molar-refractivity contribution in [3.63, 3.8) is 0 Å². The normalized spacial score (nSPS) is 18.4. The maximum absolute atomic E-state index is 12.9. The van der Waals surface area contributed by atoms with Gasteiger partial charge in [0.25, 0.3) is 17.7 Å². The van der Waals surface area contributed by atoms with E-state index in [0.29, 0.717) is 0 Å². The standard InChI is InChI=1S/C19H22N6O9S2/c1-8-13(16(29)25(8)36(31,32)33)23-15(28)14(10-7-35-18(20)22-10)24-34-19(2,3)17(30)21-9-4-5-11(26)12(27)6-9/h4-8,13,26-27H,1-3H3,(H2,20,22)(H,21,30)(H,23,28)(H,31,32,33)/t8-,13+/m1/s1. The Balaban J connectivity index is 1.79. The Morgan fingerprint density at radius 3 is 2.47 bits per heavy atom. The molecule has 2 aromatic rings. The summed E-state index contributed by atoms with van der Waals surface area (Å²) in [5, 5.41) is 28.9. The van der Waals surface area contributed by atoms with Crippen LogP contribution in [-0.4, -0.2) is 73.6 Å². The Morgan fingerprint density at radius 1 is 1.28 bits per heavy atom. The van der Waals surface area contributed by atoms with E-state index in [1.54, 1.807) is 0 Å². The summed E-state index contributed by atoms with van der Waals surface area (Å²) in [5.74, 6) is -3.63. The number of anilines is 2. The fraction of sp³-hybridized carbons (Fsp3) is 0.316. The van der Waals surface area contributed by atoms with Crippen LogP contribution in [0.25, 0.3) is 0 Å². The monoisotopic (exact) mass is 542 g/mol.